The zero-order valence-corrected chi connectivity index (χ0v) is 13.5. The summed E-state index contributed by atoms with van der Waals surface area (Å²) in [7, 11) is 0. The number of carbonyl (C=O) groups is 2. The minimum Gasteiger partial charge on any atom is -0.508 e. The number of amides is 1. The van der Waals surface area contributed by atoms with Crippen LogP contribution in [0.15, 0.2) is 76.8 Å². The zero-order chi connectivity index (χ0) is 18.5. The van der Waals surface area contributed by atoms with E-state index in [0.717, 1.165) is 5.56 Å². The minimum atomic E-state index is -1.28. The van der Waals surface area contributed by atoms with E-state index in [1.54, 1.807) is 54.6 Å². The number of aromatic hydroxyl groups is 1. The van der Waals surface area contributed by atoms with Crippen LogP contribution in [0.25, 0.3) is 17.4 Å². The van der Waals surface area contributed by atoms with Gasteiger partial charge in [-0.05, 0) is 48.5 Å². The lowest BCUT2D eigenvalue weighted by Crippen LogP contribution is -2.27. The van der Waals surface area contributed by atoms with Crippen LogP contribution in [0, 0.1) is 0 Å². The number of hydrogen-bond acceptors (Lipinski definition) is 4. The first-order chi connectivity index (χ1) is 12.5. The van der Waals surface area contributed by atoms with E-state index in [4.69, 9.17) is 4.42 Å². The third-order valence-corrected chi connectivity index (χ3v) is 3.58. The molecule has 3 aromatic rings. The number of hydrogen-bond donors (Lipinski definition) is 3. The summed E-state index contributed by atoms with van der Waals surface area (Å²) < 4.78 is 5.60. The zero-order valence-electron chi connectivity index (χ0n) is 13.5. The molecule has 0 radical (unpaired) electrons. The lowest BCUT2D eigenvalue weighted by atomic mass is 10.2. The Kier molecular flexibility index (Phi) is 4.85. The van der Waals surface area contributed by atoms with Gasteiger partial charge in [0.15, 0.2) is 0 Å². The van der Waals surface area contributed by atoms with Gasteiger partial charge in [0.25, 0.3) is 5.91 Å². The molecule has 0 spiro atoms. The summed E-state index contributed by atoms with van der Waals surface area (Å²) in [4.78, 5) is 23.6. The number of aliphatic carboxylic acids is 1. The highest BCUT2D eigenvalue weighted by Gasteiger charge is 2.14. The van der Waals surface area contributed by atoms with Crippen molar-refractivity contribution < 1.29 is 24.2 Å². The van der Waals surface area contributed by atoms with Gasteiger partial charge in [0.05, 0.1) is 0 Å². The van der Waals surface area contributed by atoms with Crippen molar-refractivity contribution in [2.75, 3.05) is 0 Å². The number of benzene rings is 2. The molecule has 1 aromatic heterocycles. The lowest BCUT2D eigenvalue weighted by Gasteiger charge is -2.05. The van der Waals surface area contributed by atoms with E-state index in [2.05, 4.69) is 5.32 Å². The monoisotopic (exact) mass is 349 g/mol. The van der Waals surface area contributed by atoms with E-state index in [1.165, 1.54) is 18.2 Å². The molecular weight excluding hydrogens is 334 g/mol. The molecule has 0 bridgehead atoms. The smallest absolute Gasteiger partial charge is 0.352 e. The van der Waals surface area contributed by atoms with Gasteiger partial charge in [-0.1, -0.05) is 18.2 Å². The molecule has 0 saturated carbocycles. The molecule has 3 N–H and O–H groups in total. The first kappa shape index (κ1) is 17.0. The average molecular weight is 349 g/mol. The molecule has 26 heavy (non-hydrogen) atoms. The fourth-order valence-electron chi connectivity index (χ4n) is 2.29. The Hall–Kier alpha value is -3.80. The van der Waals surface area contributed by atoms with Gasteiger partial charge in [-0.2, -0.15) is 0 Å². The van der Waals surface area contributed by atoms with Crippen LogP contribution in [0.4, 0.5) is 0 Å². The lowest BCUT2D eigenvalue weighted by molar-refractivity contribution is -0.132. The summed E-state index contributed by atoms with van der Waals surface area (Å²) >= 11 is 0. The predicted octanol–water partition coefficient (Wildman–Crippen LogP) is 3.51. The third kappa shape index (κ3) is 3.99. The topological polar surface area (TPSA) is 99.8 Å². The van der Waals surface area contributed by atoms with Crippen molar-refractivity contribution in [3.63, 3.8) is 0 Å². The second kappa shape index (κ2) is 7.40. The van der Waals surface area contributed by atoms with Crippen LogP contribution in [-0.2, 0) is 4.79 Å². The van der Waals surface area contributed by atoms with Crippen LogP contribution >= 0.6 is 0 Å². The van der Waals surface area contributed by atoms with Crippen molar-refractivity contribution in [1.29, 1.82) is 0 Å². The van der Waals surface area contributed by atoms with Crippen LogP contribution in [-0.4, -0.2) is 22.1 Å². The summed E-state index contributed by atoms with van der Waals surface area (Å²) in [5.41, 5.74) is 0.780. The van der Waals surface area contributed by atoms with Gasteiger partial charge < -0.3 is 19.9 Å². The first-order valence-electron chi connectivity index (χ1n) is 7.73. The van der Waals surface area contributed by atoms with Crippen LogP contribution in [0.2, 0.25) is 0 Å². The van der Waals surface area contributed by atoms with Gasteiger partial charge >= 0.3 is 5.97 Å². The number of carbonyl (C=O) groups excluding carboxylic acids is 1. The Morgan fingerprint density at radius 2 is 1.62 bits per heavy atom. The van der Waals surface area contributed by atoms with Crippen molar-refractivity contribution in [3.05, 3.63) is 83.8 Å². The average Bonchev–Trinajstić information content (AvgIpc) is 3.11. The Morgan fingerprint density at radius 3 is 2.27 bits per heavy atom. The molecule has 1 heterocycles. The highest BCUT2D eigenvalue weighted by Crippen LogP contribution is 2.25. The molecule has 2 aromatic carbocycles. The van der Waals surface area contributed by atoms with Crippen molar-refractivity contribution in [1.82, 2.24) is 5.32 Å². The van der Waals surface area contributed by atoms with Gasteiger partial charge in [0.1, 0.15) is 23.0 Å². The first-order valence-corrected chi connectivity index (χ1v) is 7.73. The highest BCUT2D eigenvalue weighted by atomic mass is 16.4. The fraction of sp³-hybridized carbons (Fsp3) is 0. The van der Waals surface area contributed by atoms with Crippen LogP contribution in [0.1, 0.15) is 16.1 Å². The molecule has 0 fully saturated rings. The number of phenols is 1. The molecular formula is C20H15NO5. The minimum absolute atomic E-state index is 0.136. The number of rotatable bonds is 5. The number of furan rings is 1. The molecule has 0 atom stereocenters. The Bertz CT molecular complexity index is 955. The molecule has 6 heteroatoms. The SMILES string of the molecule is O=C(O)/C(=C/c1ccc(-c2ccc(O)cc2)o1)NC(=O)c1ccccc1. The van der Waals surface area contributed by atoms with E-state index in [1.807, 2.05) is 0 Å². The number of phenolic OH excluding ortho intramolecular Hbond substituents is 1. The highest BCUT2D eigenvalue weighted by molar-refractivity contribution is 6.02. The molecule has 0 unspecified atom stereocenters. The molecule has 3 rings (SSSR count). The molecule has 130 valence electrons. The molecule has 6 nitrogen and oxygen atoms in total. The maximum atomic E-state index is 12.1. The second-order valence-corrected chi connectivity index (χ2v) is 5.43. The molecule has 0 aliphatic heterocycles. The quantitative estimate of drug-likeness (QED) is 0.612. The normalized spacial score (nSPS) is 11.2. The van der Waals surface area contributed by atoms with Crippen LogP contribution in [0.5, 0.6) is 5.75 Å². The summed E-state index contributed by atoms with van der Waals surface area (Å²) in [5, 5.41) is 21.0. The Labute approximate surface area is 149 Å². The summed E-state index contributed by atoms with van der Waals surface area (Å²) in [6.45, 7) is 0. The van der Waals surface area contributed by atoms with Crippen molar-refractivity contribution in [3.8, 4) is 17.1 Å². The van der Waals surface area contributed by atoms with Crippen molar-refractivity contribution in [2.24, 2.45) is 0 Å². The standard InChI is InChI=1S/C20H15NO5/c22-15-8-6-13(7-9-15)18-11-10-16(26-18)12-17(20(24)25)21-19(23)14-4-2-1-3-5-14/h1-12,22H,(H,21,23)(H,24,25)/b17-12-. The summed E-state index contributed by atoms with van der Waals surface area (Å²) in [5.74, 6) is -0.882. The number of carboxylic acid groups (broad SMARTS) is 1. The van der Waals surface area contributed by atoms with Crippen molar-refractivity contribution >= 4 is 18.0 Å². The van der Waals surface area contributed by atoms with Gasteiger partial charge in [0.2, 0.25) is 0 Å². The Morgan fingerprint density at radius 1 is 0.923 bits per heavy atom. The molecule has 0 saturated heterocycles. The maximum Gasteiger partial charge on any atom is 0.352 e. The van der Waals surface area contributed by atoms with E-state index in [0.29, 0.717) is 11.3 Å². The van der Waals surface area contributed by atoms with E-state index in [-0.39, 0.29) is 17.2 Å². The Balaban J connectivity index is 1.82. The largest absolute Gasteiger partial charge is 0.508 e. The van der Waals surface area contributed by atoms with Crippen LogP contribution in [0.3, 0.4) is 0 Å². The molecule has 0 aliphatic rings. The summed E-state index contributed by atoms with van der Waals surface area (Å²) in [6.07, 6.45) is 1.24. The van der Waals surface area contributed by atoms with Gasteiger partial charge in [-0.3, -0.25) is 4.79 Å². The van der Waals surface area contributed by atoms with Crippen LogP contribution < -0.4 is 5.32 Å². The number of carboxylic acids is 1. The van der Waals surface area contributed by atoms with Gasteiger partial charge in [0, 0.05) is 17.2 Å². The van der Waals surface area contributed by atoms with E-state index < -0.39 is 11.9 Å². The van der Waals surface area contributed by atoms with Crippen molar-refractivity contribution in [2.45, 2.75) is 0 Å². The predicted molar refractivity (Wildman–Crippen MR) is 95.3 cm³/mol. The van der Waals surface area contributed by atoms with Gasteiger partial charge in [-0.15, -0.1) is 0 Å². The van der Waals surface area contributed by atoms with E-state index >= 15 is 0 Å². The summed E-state index contributed by atoms with van der Waals surface area (Å²) in [6, 6.07) is 18.0. The number of nitrogens with one attached hydrogen (secondary N) is 1. The second-order valence-electron chi connectivity index (χ2n) is 5.43. The third-order valence-electron chi connectivity index (χ3n) is 3.58. The van der Waals surface area contributed by atoms with E-state index in [9.17, 15) is 19.8 Å². The maximum absolute atomic E-state index is 12.1. The molecule has 1 amide bonds. The fourth-order valence-corrected chi connectivity index (χ4v) is 2.29. The van der Waals surface area contributed by atoms with Gasteiger partial charge in [-0.25, -0.2) is 4.79 Å². The molecule has 0 aliphatic carbocycles.